The molecule has 0 amide bonds. The Morgan fingerprint density at radius 3 is 2.31 bits per heavy atom. The van der Waals surface area contributed by atoms with Crippen molar-refractivity contribution in [3.05, 3.63) is 111 Å². The normalized spacial score (nSPS) is 14.0. The summed E-state index contributed by atoms with van der Waals surface area (Å²) >= 11 is 0. The maximum Gasteiger partial charge on any atom is 0.261 e. The Kier molecular flexibility index (Phi) is 7.55. The standard InChI is InChI=1S/C31H30F3N3O2/c1-3-27(22-15-23(32)17-24(33)16-22)37-29(13-8-19-4-5-19)36-30(38)26(31(37)39)14-20-6-9-21(10-7-20)25-11-12-28(34)35-18(25)2/h6-7,9-12,15-17,19,27,38H,3-5,8,13-14H2,1-2H3/t27-/m0/s1. The van der Waals surface area contributed by atoms with Crippen LogP contribution in [0.25, 0.3) is 11.1 Å². The molecular formula is C31H30F3N3O2. The molecule has 5 rings (SSSR count). The molecule has 8 heteroatoms. The van der Waals surface area contributed by atoms with E-state index in [0.29, 0.717) is 35.8 Å². The highest BCUT2D eigenvalue weighted by atomic mass is 19.1. The topological polar surface area (TPSA) is 68.0 Å². The SMILES string of the molecule is CC[C@@H](c1cc(F)cc(F)c1)n1c(CCC2CC2)nc(O)c(Cc2ccc(-c3ccc(F)nc3C)cc2)c1=O. The van der Waals surface area contributed by atoms with Gasteiger partial charge in [0, 0.05) is 30.2 Å². The molecule has 1 aliphatic carbocycles. The van der Waals surface area contributed by atoms with E-state index in [9.17, 15) is 23.1 Å². The number of pyridine rings is 1. The Balaban J connectivity index is 1.53. The Labute approximate surface area is 225 Å². The van der Waals surface area contributed by atoms with Crippen molar-refractivity contribution in [2.75, 3.05) is 0 Å². The van der Waals surface area contributed by atoms with Crippen LogP contribution in [-0.4, -0.2) is 19.6 Å². The zero-order valence-corrected chi connectivity index (χ0v) is 21.9. The average Bonchev–Trinajstić information content (AvgIpc) is 3.72. The van der Waals surface area contributed by atoms with Gasteiger partial charge in [-0.25, -0.2) is 13.8 Å². The third kappa shape index (κ3) is 5.90. The smallest absolute Gasteiger partial charge is 0.261 e. The molecule has 5 nitrogen and oxygen atoms in total. The van der Waals surface area contributed by atoms with Crippen molar-refractivity contribution >= 4 is 0 Å². The molecule has 1 atom stereocenters. The van der Waals surface area contributed by atoms with E-state index in [-0.39, 0.29) is 17.9 Å². The van der Waals surface area contributed by atoms with Crippen LogP contribution in [0.3, 0.4) is 0 Å². The maximum atomic E-state index is 14.1. The number of benzene rings is 2. The summed E-state index contributed by atoms with van der Waals surface area (Å²) in [6, 6.07) is 13.0. The van der Waals surface area contributed by atoms with Crippen molar-refractivity contribution in [2.45, 2.75) is 58.4 Å². The summed E-state index contributed by atoms with van der Waals surface area (Å²) in [5.74, 6) is -1.31. The quantitative estimate of drug-likeness (QED) is 0.244. The number of aromatic hydroxyl groups is 1. The van der Waals surface area contributed by atoms with Crippen molar-refractivity contribution in [3.8, 4) is 17.0 Å². The number of hydrogen-bond donors (Lipinski definition) is 1. The summed E-state index contributed by atoms with van der Waals surface area (Å²) in [4.78, 5) is 22.2. The lowest BCUT2D eigenvalue weighted by molar-refractivity contribution is 0.418. The van der Waals surface area contributed by atoms with E-state index in [1.54, 1.807) is 13.0 Å². The predicted octanol–water partition coefficient (Wildman–Crippen LogP) is 6.67. The first-order valence-corrected chi connectivity index (χ1v) is 13.2. The minimum atomic E-state index is -0.713. The zero-order chi connectivity index (χ0) is 27.7. The molecular weight excluding hydrogens is 503 g/mol. The van der Waals surface area contributed by atoms with E-state index in [1.165, 1.54) is 22.8 Å². The summed E-state index contributed by atoms with van der Waals surface area (Å²) in [6.45, 7) is 3.58. The molecule has 2 aromatic heterocycles. The average molecular weight is 534 g/mol. The lowest BCUT2D eigenvalue weighted by Gasteiger charge is -2.24. The molecule has 0 bridgehead atoms. The number of hydrogen-bond acceptors (Lipinski definition) is 4. The first kappa shape index (κ1) is 26.7. The molecule has 202 valence electrons. The minimum Gasteiger partial charge on any atom is -0.493 e. The van der Waals surface area contributed by atoms with Crippen LogP contribution < -0.4 is 5.56 Å². The fourth-order valence-corrected chi connectivity index (χ4v) is 5.17. The molecule has 0 saturated heterocycles. The molecule has 0 aliphatic heterocycles. The van der Waals surface area contributed by atoms with Crippen LogP contribution in [0.5, 0.6) is 5.88 Å². The first-order chi connectivity index (χ1) is 18.7. The van der Waals surface area contributed by atoms with Crippen molar-refractivity contribution in [3.63, 3.8) is 0 Å². The summed E-state index contributed by atoms with van der Waals surface area (Å²) in [6.07, 6.45) is 4.11. The van der Waals surface area contributed by atoms with Crippen LogP contribution in [0.2, 0.25) is 0 Å². The van der Waals surface area contributed by atoms with Gasteiger partial charge in [0.05, 0.1) is 11.6 Å². The van der Waals surface area contributed by atoms with Crippen molar-refractivity contribution in [1.29, 1.82) is 0 Å². The Morgan fingerprint density at radius 1 is 1.00 bits per heavy atom. The second-order valence-corrected chi connectivity index (χ2v) is 10.3. The highest BCUT2D eigenvalue weighted by Gasteiger charge is 2.26. The van der Waals surface area contributed by atoms with E-state index >= 15 is 0 Å². The van der Waals surface area contributed by atoms with Crippen LogP contribution in [0.4, 0.5) is 13.2 Å². The number of nitrogens with zero attached hydrogens (tertiary/aromatic N) is 3. The van der Waals surface area contributed by atoms with Gasteiger partial charge in [0.25, 0.3) is 5.56 Å². The van der Waals surface area contributed by atoms with E-state index in [4.69, 9.17) is 0 Å². The minimum absolute atomic E-state index is 0.118. The third-order valence-corrected chi connectivity index (χ3v) is 7.40. The van der Waals surface area contributed by atoms with Gasteiger partial charge in [-0.1, -0.05) is 44.0 Å². The van der Waals surface area contributed by atoms with E-state index in [2.05, 4.69) is 9.97 Å². The second kappa shape index (κ2) is 11.0. The molecule has 1 fully saturated rings. The zero-order valence-electron chi connectivity index (χ0n) is 21.9. The van der Waals surface area contributed by atoms with Gasteiger partial charge < -0.3 is 5.11 Å². The number of rotatable bonds is 9. The summed E-state index contributed by atoms with van der Waals surface area (Å²) < 4.78 is 43.2. The van der Waals surface area contributed by atoms with Gasteiger partial charge in [-0.05, 0) is 66.6 Å². The molecule has 1 aliphatic rings. The van der Waals surface area contributed by atoms with Gasteiger partial charge in [-0.3, -0.25) is 9.36 Å². The van der Waals surface area contributed by atoms with Crippen LogP contribution in [0.1, 0.15) is 66.9 Å². The van der Waals surface area contributed by atoms with Gasteiger partial charge in [0.1, 0.15) is 17.5 Å². The highest BCUT2D eigenvalue weighted by Crippen LogP contribution is 2.34. The predicted molar refractivity (Wildman–Crippen MR) is 143 cm³/mol. The number of aryl methyl sites for hydroxylation is 2. The Bertz CT molecular complexity index is 1540. The van der Waals surface area contributed by atoms with Crippen LogP contribution >= 0.6 is 0 Å². The number of aromatic nitrogens is 3. The van der Waals surface area contributed by atoms with Gasteiger partial charge >= 0.3 is 0 Å². The van der Waals surface area contributed by atoms with Gasteiger partial charge in [-0.15, -0.1) is 0 Å². The fraction of sp³-hybridized carbons (Fsp3) is 0.323. The first-order valence-electron chi connectivity index (χ1n) is 13.2. The van der Waals surface area contributed by atoms with Crippen molar-refractivity contribution in [2.24, 2.45) is 5.92 Å². The molecule has 0 spiro atoms. The van der Waals surface area contributed by atoms with E-state index < -0.39 is 29.2 Å². The monoisotopic (exact) mass is 533 g/mol. The van der Waals surface area contributed by atoms with Crippen molar-refractivity contribution in [1.82, 2.24) is 14.5 Å². The maximum absolute atomic E-state index is 14.1. The Morgan fingerprint density at radius 2 is 1.69 bits per heavy atom. The van der Waals surface area contributed by atoms with E-state index in [0.717, 1.165) is 42.0 Å². The van der Waals surface area contributed by atoms with Crippen LogP contribution in [0.15, 0.2) is 59.4 Å². The summed E-state index contributed by atoms with van der Waals surface area (Å²) in [5, 5.41) is 10.9. The van der Waals surface area contributed by atoms with Crippen molar-refractivity contribution < 1.29 is 18.3 Å². The Hall–Kier alpha value is -3.94. The van der Waals surface area contributed by atoms with Gasteiger partial charge in [-0.2, -0.15) is 9.37 Å². The summed E-state index contributed by atoms with van der Waals surface area (Å²) in [5.41, 5.74) is 3.01. The summed E-state index contributed by atoms with van der Waals surface area (Å²) in [7, 11) is 0. The molecule has 0 radical (unpaired) electrons. The molecule has 0 unspecified atom stereocenters. The molecule has 4 aromatic rings. The van der Waals surface area contributed by atoms with Crippen LogP contribution in [-0.2, 0) is 12.8 Å². The lowest BCUT2D eigenvalue weighted by atomic mass is 9.99. The fourth-order valence-electron chi connectivity index (χ4n) is 5.17. The van der Waals surface area contributed by atoms with Crippen LogP contribution in [0, 0.1) is 30.4 Å². The largest absolute Gasteiger partial charge is 0.493 e. The molecule has 2 aromatic carbocycles. The lowest BCUT2D eigenvalue weighted by Crippen LogP contribution is -2.32. The molecule has 39 heavy (non-hydrogen) atoms. The van der Waals surface area contributed by atoms with Gasteiger partial charge in [0.15, 0.2) is 0 Å². The van der Waals surface area contributed by atoms with Gasteiger partial charge in [0.2, 0.25) is 11.8 Å². The van der Waals surface area contributed by atoms with E-state index in [1.807, 2.05) is 31.2 Å². The molecule has 2 heterocycles. The molecule has 1 saturated carbocycles. The highest BCUT2D eigenvalue weighted by molar-refractivity contribution is 5.65. The second-order valence-electron chi connectivity index (χ2n) is 10.3. The molecule has 1 N–H and O–H groups in total. The number of halogens is 3. The third-order valence-electron chi connectivity index (χ3n) is 7.40.